The van der Waals surface area contributed by atoms with Crippen molar-refractivity contribution in [1.29, 1.82) is 0 Å². The Labute approximate surface area is 154 Å². The summed E-state index contributed by atoms with van der Waals surface area (Å²) in [7, 11) is -3.77. The normalized spacial score (nSPS) is 14.1. The molecule has 2 heterocycles. The smallest absolute Gasteiger partial charge is 0.355 e. The Morgan fingerprint density at radius 1 is 1.38 bits per heavy atom. The highest BCUT2D eigenvalue weighted by Gasteiger charge is 2.23. The number of carbonyl (C=O) groups excluding carboxylic acids is 1. The topological polar surface area (TPSA) is 117 Å². The van der Waals surface area contributed by atoms with Crippen molar-refractivity contribution in [3.63, 3.8) is 0 Å². The number of thiazole rings is 1. The SMILES string of the molecule is CC(=O)N1CCCc2cc(S(=O)(=O)NCc3nc(C(=O)O)cs3)ccc21. The molecular weight excluding hydrogens is 378 g/mol. The molecule has 1 aromatic carbocycles. The van der Waals surface area contributed by atoms with Gasteiger partial charge in [-0.05, 0) is 36.6 Å². The van der Waals surface area contributed by atoms with Gasteiger partial charge in [-0.15, -0.1) is 11.3 Å². The number of anilines is 1. The monoisotopic (exact) mass is 395 g/mol. The maximum Gasteiger partial charge on any atom is 0.355 e. The molecule has 138 valence electrons. The number of aromatic nitrogens is 1. The van der Waals surface area contributed by atoms with Crippen LogP contribution in [0.2, 0.25) is 0 Å². The molecule has 0 radical (unpaired) electrons. The van der Waals surface area contributed by atoms with Crippen molar-refractivity contribution in [2.45, 2.75) is 31.2 Å². The Balaban J connectivity index is 1.79. The van der Waals surface area contributed by atoms with Gasteiger partial charge in [0.05, 0.1) is 11.4 Å². The van der Waals surface area contributed by atoms with Crippen LogP contribution in [-0.4, -0.2) is 36.9 Å². The van der Waals surface area contributed by atoms with E-state index in [1.165, 1.54) is 18.4 Å². The second-order valence-electron chi connectivity index (χ2n) is 5.82. The molecule has 0 aliphatic carbocycles. The number of hydrogen-bond acceptors (Lipinski definition) is 6. The molecule has 0 fully saturated rings. The van der Waals surface area contributed by atoms with Crippen LogP contribution in [0.25, 0.3) is 0 Å². The summed E-state index contributed by atoms with van der Waals surface area (Å²) in [4.78, 5) is 28.1. The molecule has 0 bridgehead atoms. The number of aryl methyl sites for hydroxylation is 1. The number of rotatable bonds is 5. The lowest BCUT2D eigenvalue weighted by molar-refractivity contribution is -0.116. The molecular formula is C16H17N3O5S2. The van der Waals surface area contributed by atoms with Crippen LogP contribution in [0.3, 0.4) is 0 Å². The van der Waals surface area contributed by atoms with Crippen molar-refractivity contribution >= 4 is 38.9 Å². The van der Waals surface area contributed by atoms with Crippen LogP contribution in [0.4, 0.5) is 5.69 Å². The number of nitrogens with zero attached hydrogens (tertiary/aromatic N) is 2. The molecule has 0 atom stereocenters. The molecule has 0 saturated carbocycles. The molecule has 0 saturated heterocycles. The Hall–Kier alpha value is -2.30. The average Bonchev–Trinajstić information content (AvgIpc) is 3.08. The molecule has 26 heavy (non-hydrogen) atoms. The summed E-state index contributed by atoms with van der Waals surface area (Å²) in [5.41, 5.74) is 1.45. The number of nitrogens with one attached hydrogen (secondary N) is 1. The Morgan fingerprint density at radius 3 is 2.81 bits per heavy atom. The summed E-state index contributed by atoms with van der Waals surface area (Å²) in [6, 6.07) is 4.70. The van der Waals surface area contributed by atoms with Crippen LogP contribution in [0, 0.1) is 0 Å². The van der Waals surface area contributed by atoms with E-state index in [-0.39, 0.29) is 23.0 Å². The van der Waals surface area contributed by atoms with E-state index >= 15 is 0 Å². The van der Waals surface area contributed by atoms with Gasteiger partial charge in [0, 0.05) is 24.5 Å². The zero-order valence-electron chi connectivity index (χ0n) is 13.9. The largest absolute Gasteiger partial charge is 0.476 e. The molecule has 0 unspecified atom stereocenters. The van der Waals surface area contributed by atoms with Crippen LogP contribution in [0.1, 0.15) is 34.4 Å². The van der Waals surface area contributed by atoms with Crippen LogP contribution in [0.5, 0.6) is 0 Å². The van der Waals surface area contributed by atoms with Crippen molar-refractivity contribution < 1.29 is 23.1 Å². The van der Waals surface area contributed by atoms with Crippen LogP contribution in [-0.2, 0) is 27.8 Å². The predicted molar refractivity (Wildman–Crippen MR) is 95.9 cm³/mol. The minimum absolute atomic E-state index is 0.0716. The fraction of sp³-hybridized carbons (Fsp3) is 0.312. The number of amides is 1. The van der Waals surface area contributed by atoms with Gasteiger partial charge in [-0.3, -0.25) is 4.79 Å². The molecule has 1 aromatic heterocycles. The first-order valence-electron chi connectivity index (χ1n) is 7.86. The lowest BCUT2D eigenvalue weighted by atomic mass is 10.0. The van der Waals surface area contributed by atoms with Gasteiger partial charge in [0.1, 0.15) is 5.01 Å². The van der Waals surface area contributed by atoms with E-state index in [4.69, 9.17) is 5.11 Å². The quantitative estimate of drug-likeness (QED) is 0.795. The van der Waals surface area contributed by atoms with E-state index in [1.807, 2.05) is 0 Å². The minimum Gasteiger partial charge on any atom is -0.476 e. The standard InChI is InChI=1S/C16H17N3O5S2/c1-10(20)19-6-2-3-11-7-12(4-5-14(11)19)26(23,24)17-8-15-18-13(9-25-15)16(21)22/h4-5,7,9,17H,2-3,6,8H2,1H3,(H,21,22). The van der Waals surface area contributed by atoms with Crippen LogP contribution >= 0.6 is 11.3 Å². The Kier molecular flexibility index (Phi) is 5.08. The first-order chi connectivity index (χ1) is 12.3. The number of carboxylic acid groups (broad SMARTS) is 1. The second-order valence-corrected chi connectivity index (χ2v) is 8.53. The number of carbonyl (C=O) groups is 2. The van der Waals surface area contributed by atoms with E-state index in [2.05, 4.69) is 9.71 Å². The minimum atomic E-state index is -3.77. The highest BCUT2D eigenvalue weighted by atomic mass is 32.2. The van der Waals surface area contributed by atoms with Crippen molar-refractivity contribution in [3.8, 4) is 0 Å². The van der Waals surface area contributed by atoms with E-state index in [0.29, 0.717) is 18.0 Å². The summed E-state index contributed by atoms with van der Waals surface area (Å²) >= 11 is 1.08. The molecule has 8 nitrogen and oxygen atoms in total. The van der Waals surface area contributed by atoms with E-state index in [0.717, 1.165) is 29.0 Å². The Morgan fingerprint density at radius 2 is 2.15 bits per heavy atom. The van der Waals surface area contributed by atoms with Crippen LogP contribution in [0.15, 0.2) is 28.5 Å². The summed E-state index contributed by atoms with van der Waals surface area (Å²) in [5, 5.41) is 10.6. The summed E-state index contributed by atoms with van der Waals surface area (Å²) in [5.74, 6) is -1.22. The van der Waals surface area contributed by atoms with Gasteiger partial charge >= 0.3 is 5.97 Å². The van der Waals surface area contributed by atoms with E-state index in [1.54, 1.807) is 17.0 Å². The first kappa shape index (κ1) is 18.5. The van der Waals surface area contributed by atoms with Crippen molar-refractivity contribution in [1.82, 2.24) is 9.71 Å². The number of fused-ring (bicyclic) bond motifs is 1. The lowest BCUT2D eigenvalue weighted by Gasteiger charge is -2.28. The second kappa shape index (κ2) is 7.14. The summed E-state index contributed by atoms with van der Waals surface area (Å²) in [6.07, 6.45) is 1.48. The molecule has 10 heteroatoms. The van der Waals surface area contributed by atoms with Crippen molar-refractivity contribution in [3.05, 3.63) is 39.8 Å². The summed E-state index contributed by atoms with van der Waals surface area (Å²) < 4.78 is 27.5. The highest BCUT2D eigenvalue weighted by molar-refractivity contribution is 7.89. The van der Waals surface area contributed by atoms with Crippen LogP contribution < -0.4 is 9.62 Å². The first-order valence-corrected chi connectivity index (χ1v) is 10.2. The predicted octanol–water partition coefficient (Wildman–Crippen LogP) is 1.62. The molecule has 0 spiro atoms. The summed E-state index contributed by atoms with van der Waals surface area (Å²) in [6.45, 7) is 2.03. The zero-order valence-corrected chi connectivity index (χ0v) is 15.6. The molecule has 2 N–H and O–H groups in total. The van der Waals surface area contributed by atoms with Gasteiger partial charge in [-0.2, -0.15) is 0 Å². The molecule has 1 amide bonds. The maximum atomic E-state index is 12.5. The van der Waals surface area contributed by atoms with Crippen molar-refractivity contribution in [2.24, 2.45) is 0 Å². The van der Waals surface area contributed by atoms with Gasteiger partial charge < -0.3 is 10.0 Å². The number of hydrogen-bond donors (Lipinski definition) is 2. The van der Waals surface area contributed by atoms with Gasteiger partial charge in [0.15, 0.2) is 5.69 Å². The van der Waals surface area contributed by atoms with Gasteiger partial charge in [0.2, 0.25) is 15.9 Å². The maximum absolute atomic E-state index is 12.5. The third-order valence-electron chi connectivity index (χ3n) is 4.04. The average molecular weight is 395 g/mol. The van der Waals surface area contributed by atoms with E-state index in [9.17, 15) is 18.0 Å². The van der Waals surface area contributed by atoms with E-state index < -0.39 is 16.0 Å². The fourth-order valence-corrected chi connectivity index (χ4v) is 4.64. The molecule has 1 aliphatic heterocycles. The molecule has 2 aromatic rings. The molecule has 1 aliphatic rings. The zero-order chi connectivity index (χ0) is 18.9. The van der Waals surface area contributed by atoms with Crippen molar-refractivity contribution in [2.75, 3.05) is 11.4 Å². The number of benzene rings is 1. The van der Waals surface area contributed by atoms with Gasteiger partial charge in [-0.25, -0.2) is 22.9 Å². The number of carboxylic acids is 1. The third kappa shape index (κ3) is 3.76. The number of sulfonamides is 1. The highest BCUT2D eigenvalue weighted by Crippen LogP contribution is 2.29. The van der Waals surface area contributed by atoms with Gasteiger partial charge in [0.25, 0.3) is 0 Å². The lowest BCUT2D eigenvalue weighted by Crippen LogP contribution is -2.33. The third-order valence-corrected chi connectivity index (χ3v) is 6.29. The Bertz CT molecular complexity index is 968. The molecule has 3 rings (SSSR count). The number of aromatic carboxylic acids is 1. The fourth-order valence-electron chi connectivity index (χ4n) is 2.80. The van der Waals surface area contributed by atoms with Gasteiger partial charge in [-0.1, -0.05) is 0 Å².